The van der Waals surface area contributed by atoms with E-state index in [1.807, 2.05) is 36.4 Å². The fourth-order valence-corrected chi connectivity index (χ4v) is 1.80. The molecule has 0 unspecified atom stereocenters. The SMILES string of the molecule is CCCOc1ccc(C=Cc2cc(O)cc(O)c2)cc1. The summed E-state index contributed by atoms with van der Waals surface area (Å²) < 4.78 is 5.51. The van der Waals surface area contributed by atoms with Gasteiger partial charge < -0.3 is 14.9 Å². The number of phenolic OH excluding ortho intramolecular Hbond substituents is 2. The number of hydrogen-bond acceptors (Lipinski definition) is 3. The van der Waals surface area contributed by atoms with E-state index in [0.29, 0.717) is 0 Å². The van der Waals surface area contributed by atoms with E-state index in [1.54, 1.807) is 12.1 Å². The van der Waals surface area contributed by atoms with Gasteiger partial charge in [0.05, 0.1) is 6.61 Å². The molecule has 2 rings (SSSR count). The monoisotopic (exact) mass is 270 g/mol. The van der Waals surface area contributed by atoms with Crippen molar-refractivity contribution < 1.29 is 14.9 Å². The van der Waals surface area contributed by atoms with Crippen molar-refractivity contribution in [2.45, 2.75) is 13.3 Å². The molecule has 3 heteroatoms. The van der Waals surface area contributed by atoms with Crippen LogP contribution in [0.2, 0.25) is 0 Å². The van der Waals surface area contributed by atoms with E-state index in [1.165, 1.54) is 6.07 Å². The van der Waals surface area contributed by atoms with Crippen LogP contribution in [0.25, 0.3) is 12.2 Å². The second kappa shape index (κ2) is 6.66. The second-order valence-corrected chi connectivity index (χ2v) is 4.53. The molecule has 0 atom stereocenters. The molecule has 0 heterocycles. The van der Waals surface area contributed by atoms with E-state index in [-0.39, 0.29) is 11.5 Å². The molecule has 104 valence electrons. The van der Waals surface area contributed by atoms with Gasteiger partial charge in [0.25, 0.3) is 0 Å². The van der Waals surface area contributed by atoms with Crippen molar-refractivity contribution in [3.05, 3.63) is 53.6 Å². The fraction of sp³-hybridized carbons (Fsp3) is 0.176. The van der Waals surface area contributed by atoms with Crippen molar-refractivity contribution in [3.63, 3.8) is 0 Å². The third-order valence-corrected chi connectivity index (χ3v) is 2.75. The first-order valence-corrected chi connectivity index (χ1v) is 6.61. The Labute approximate surface area is 118 Å². The third kappa shape index (κ3) is 4.05. The zero-order chi connectivity index (χ0) is 14.4. The number of hydrogen-bond donors (Lipinski definition) is 2. The predicted molar refractivity (Wildman–Crippen MR) is 80.9 cm³/mol. The van der Waals surface area contributed by atoms with Crippen molar-refractivity contribution in [2.75, 3.05) is 6.61 Å². The van der Waals surface area contributed by atoms with Crippen molar-refractivity contribution >= 4 is 12.2 Å². The van der Waals surface area contributed by atoms with Crippen LogP contribution < -0.4 is 4.74 Å². The van der Waals surface area contributed by atoms with E-state index >= 15 is 0 Å². The van der Waals surface area contributed by atoms with Crippen LogP contribution in [0.5, 0.6) is 17.2 Å². The molecule has 20 heavy (non-hydrogen) atoms. The summed E-state index contributed by atoms with van der Waals surface area (Å²) >= 11 is 0. The summed E-state index contributed by atoms with van der Waals surface area (Å²) in [6, 6.07) is 12.3. The number of benzene rings is 2. The maximum Gasteiger partial charge on any atom is 0.119 e. The molecular formula is C17H18O3. The van der Waals surface area contributed by atoms with Gasteiger partial charge in [0, 0.05) is 6.07 Å². The number of phenols is 2. The first kappa shape index (κ1) is 14.0. The van der Waals surface area contributed by atoms with Crippen LogP contribution in [-0.4, -0.2) is 16.8 Å². The molecule has 2 aromatic carbocycles. The minimum Gasteiger partial charge on any atom is -0.508 e. The highest BCUT2D eigenvalue weighted by Crippen LogP contribution is 2.22. The van der Waals surface area contributed by atoms with E-state index in [2.05, 4.69) is 6.92 Å². The summed E-state index contributed by atoms with van der Waals surface area (Å²) in [5.74, 6) is 0.958. The molecule has 3 nitrogen and oxygen atoms in total. The summed E-state index contributed by atoms with van der Waals surface area (Å²) in [6.45, 7) is 2.79. The Hall–Kier alpha value is -2.42. The molecule has 0 radical (unpaired) electrons. The Balaban J connectivity index is 2.07. The van der Waals surface area contributed by atoms with E-state index < -0.39 is 0 Å². The number of aromatic hydroxyl groups is 2. The van der Waals surface area contributed by atoms with Gasteiger partial charge in [-0.1, -0.05) is 31.2 Å². The van der Waals surface area contributed by atoms with Crippen LogP contribution in [-0.2, 0) is 0 Å². The Bertz CT molecular complexity index is 565. The van der Waals surface area contributed by atoms with Gasteiger partial charge in [-0.3, -0.25) is 0 Å². The van der Waals surface area contributed by atoms with Crippen LogP contribution in [0.1, 0.15) is 24.5 Å². The minimum absolute atomic E-state index is 0.0490. The first-order chi connectivity index (χ1) is 9.67. The molecular weight excluding hydrogens is 252 g/mol. The lowest BCUT2D eigenvalue weighted by Gasteiger charge is -2.04. The van der Waals surface area contributed by atoms with Crippen molar-refractivity contribution in [1.82, 2.24) is 0 Å². The topological polar surface area (TPSA) is 49.7 Å². The third-order valence-electron chi connectivity index (χ3n) is 2.75. The van der Waals surface area contributed by atoms with Gasteiger partial charge in [0.1, 0.15) is 17.2 Å². The smallest absolute Gasteiger partial charge is 0.119 e. The van der Waals surface area contributed by atoms with Crippen molar-refractivity contribution in [1.29, 1.82) is 0 Å². The van der Waals surface area contributed by atoms with Crippen LogP contribution in [0.3, 0.4) is 0 Å². The first-order valence-electron chi connectivity index (χ1n) is 6.61. The molecule has 0 spiro atoms. The second-order valence-electron chi connectivity index (χ2n) is 4.53. The average molecular weight is 270 g/mol. The van der Waals surface area contributed by atoms with Gasteiger partial charge in [-0.2, -0.15) is 0 Å². The Kier molecular flexibility index (Phi) is 4.66. The molecule has 0 aliphatic carbocycles. The normalized spacial score (nSPS) is 10.8. The van der Waals surface area contributed by atoms with E-state index in [9.17, 15) is 10.2 Å². The average Bonchev–Trinajstić information content (AvgIpc) is 2.43. The van der Waals surface area contributed by atoms with E-state index in [0.717, 1.165) is 29.9 Å². The molecule has 0 aliphatic rings. The molecule has 0 saturated carbocycles. The summed E-state index contributed by atoms with van der Waals surface area (Å²) in [6.07, 6.45) is 4.74. The lowest BCUT2D eigenvalue weighted by atomic mass is 10.1. The molecule has 0 aromatic heterocycles. The maximum absolute atomic E-state index is 9.40. The lowest BCUT2D eigenvalue weighted by molar-refractivity contribution is 0.317. The van der Waals surface area contributed by atoms with Gasteiger partial charge in [0.2, 0.25) is 0 Å². The Morgan fingerprint density at radius 3 is 2.10 bits per heavy atom. The van der Waals surface area contributed by atoms with Gasteiger partial charge in [-0.05, 0) is 41.8 Å². The number of ether oxygens (including phenoxy) is 1. The Morgan fingerprint density at radius 2 is 1.50 bits per heavy atom. The van der Waals surface area contributed by atoms with E-state index in [4.69, 9.17) is 4.74 Å². The highest BCUT2D eigenvalue weighted by atomic mass is 16.5. The molecule has 0 aliphatic heterocycles. The fourth-order valence-electron chi connectivity index (χ4n) is 1.80. The highest BCUT2D eigenvalue weighted by molar-refractivity contribution is 5.71. The molecule has 0 saturated heterocycles. The predicted octanol–water partition coefficient (Wildman–Crippen LogP) is 4.06. The van der Waals surface area contributed by atoms with Crippen LogP contribution >= 0.6 is 0 Å². The summed E-state index contributed by atoms with van der Waals surface area (Å²) in [5.41, 5.74) is 1.77. The van der Waals surface area contributed by atoms with Crippen LogP contribution in [0.15, 0.2) is 42.5 Å². The Morgan fingerprint density at radius 1 is 0.900 bits per heavy atom. The standard InChI is InChI=1S/C17H18O3/c1-2-9-20-17-7-5-13(6-8-17)3-4-14-10-15(18)12-16(19)11-14/h3-8,10-12,18-19H,2,9H2,1H3. The van der Waals surface area contributed by atoms with Crippen molar-refractivity contribution in [2.24, 2.45) is 0 Å². The van der Waals surface area contributed by atoms with Crippen LogP contribution in [0, 0.1) is 0 Å². The van der Waals surface area contributed by atoms with Gasteiger partial charge in [-0.25, -0.2) is 0 Å². The molecule has 2 N–H and O–H groups in total. The van der Waals surface area contributed by atoms with Gasteiger partial charge in [-0.15, -0.1) is 0 Å². The highest BCUT2D eigenvalue weighted by Gasteiger charge is 1.96. The van der Waals surface area contributed by atoms with Gasteiger partial charge in [0.15, 0.2) is 0 Å². The molecule has 0 amide bonds. The summed E-state index contributed by atoms with van der Waals surface area (Å²) in [5, 5.41) is 18.8. The summed E-state index contributed by atoms with van der Waals surface area (Å²) in [7, 11) is 0. The van der Waals surface area contributed by atoms with Gasteiger partial charge >= 0.3 is 0 Å². The largest absolute Gasteiger partial charge is 0.508 e. The maximum atomic E-state index is 9.40. The quantitative estimate of drug-likeness (QED) is 0.806. The molecule has 0 fully saturated rings. The zero-order valence-electron chi connectivity index (χ0n) is 11.4. The van der Waals surface area contributed by atoms with Crippen molar-refractivity contribution in [3.8, 4) is 17.2 Å². The van der Waals surface area contributed by atoms with Crippen LogP contribution in [0.4, 0.5) is 0 Å². The molecule has 0 bridgehead atoms. The minimum atomic E-state index is 0.0490. The molecule has 2 aromatic rings. The zero-order valence-corrected chi connectivity index (χ0v) is 11.4. The number of rotatable bonds is 5. The summed E-state index contributed by atoms with van der Waals surface area (Å²) in [4.78, 5) is 0. The lowest BCUT2D eigenvalue weighted by Crippen LogP contribution is -1.94.